The van der Waals surface area contributed by atoms with Gasteiger partial charge in [-0.1, -0.05) is 44.6 Å². The number of hydrogen-bond donors (Lipinski definition) is 0. The van der Waals surface area contributed by atoms with E-state index in [1.807, 2.05) is 19.1 Å². The number of hydrogen-bond acceptors (Lipinski definition) is 3. The van der Waals surface area contributed by atoms with Crippen molar-refractivity contribution in [3.05, 3.63) is 23.8 Å². The summed E-state index contributed by atoms with van der Waals surface area (Å²) in [5.41, 5.74) is 1.14. The first-order valence-electron chi connectivity index (χ1n) is 11.3. The zero-order valence-corrected chi connectivity index (χ0v) is 17.8. The maximum atomic E-state index is 13.3. The molecule has 0 saturated heterocycles. The van der Waals surface area contributed by atoms with Crippen LogP contribution in [0.5, 0.6) is 11.5 Å². The van der Waals surface area contributed by atoms with E-state index in [2.05, 4.69) is 11.0 Å². The topological polar surface area (TPSA) is 38.8 Å². The summed E-state index contributed by atoms with van der Waals surface area (Å²) in [5.74, 6) is 1.88. The molecule has 3 rings (SSSR count). The molecule has 2 saturated carbocycles. The quantitative estimate of drug-likeness (QED) is 0.589. The summed E-state index contributed by atoms with van der Waals surface area (Å²) in [4.78, 5) is 15.6. The maximum Gasteiger partial charge on any atom is 0.223 e. The first-order chi connectivity index (χ1) is 13.7. The molecular formula is C24H37NO3. The van der Waals surface area contributed by atoms with Crippen molar-refractivity contribution in [2.75, 3.05) is 13.7 Å². The first-order valence-corrected chi connectivity index (χ1v) is 11.3. The van der Waals surface area contributed by atoms with Gasteiger partial charge in [0.2, 0.25) is 5.91 Å². The van der Waals surface area contributed by atoms with E-state index >= 15 is 0 Å². The summed E-state index contributed by atoms with van der Waals surface area (Å²) in [6.45, 7) is 2.59. The standard InChI is InChI=1S/C24H37NO3/c1-3-28-22-16-14-19(18-23(22)27-2)15-17-24(26)25(20-10-6-4-7-11-20)21-12-8-5-9-13-21/h14,16,18,20-21H,3-13,15,17H2,1-2H3. The molecule has 28 heavy (non-hydrogen) atoms. The second kappa shape index (κ2) is 10.7. The zero-order valence-electron chi connectivity index (χ0n) is 17.8. The van der Waals surface area contributed by atoms with Gasteiger partial charge in [-0.05, 0) is 56.7 Å². The summed E-state index contributed by atoms with van der Waals surface area (Å²) in [5, 5.41) is 0. The molecule has 156 valence electrons. The molecule has 0 heterocycles. The summed E-state index contributed by atoms with van der Waals surface area (Å²) < 4.78 is 11.1. The van der Waals surface area contributed by atoms with E-state index in [0.29, 0.717) is 31.0 Å². The molecule has 2 aliphatic carbocycles. The van der Waals surface area contributed by atoms with Crippen LogP contribution in [0.4, 0.5) is 0 Å². The van der Waals surface area contributed by atoms with E-state index in [9.17, 15) is 4.79 Å². The van der Waals surface area contributed by atoms with Crippen molar-refractivity contribution in [2.45, 2.75) is 96.1 Å². The third-order valence-electron chi connectivity index (χ3n) is 6.38. The Morgan fingerprint density at radius 3 is 2.11 bits per heavy atom. The SMILES string of the molecule is CCOc1ccc(CCC(=O)N(C2CCCCC2)C2CCCCC2)cc1OC. The molecule has 0 unspecified atom stereocenters. The average Bonchev–Trinajstić information content (AvgIpc) is 2.75. The molecule has 4 nitrogen and oxygen atoms in total. The molecule has 1 aromatic carbocycles. The molecule has 4 heteroatoms. The summed E-state index contributed by atoms with van der Waals surface area (Å²) in [7, 11) is 1.67. The fourth-order valence-corrected chi connectivity index (χ4v) is 4.95. The lowest BCUT2D eigenvalue weighted by molar-refractivity contribution is -0.138. The summed E-state index contributed by atoms with van der Waals surface area (Å²) in [6.07, 6.45) is 13.9. The molecular weight excluding hydrogens is 350 g/mol. The Morgan fingerprint density at radius 1 is 0.964 bits per heavy atom. The number of aryl methyl sites for hydroxylation is 1. The van der Waals surface area contributed by atoms with Crippen molar-refractivity contribution in [3.8, 4) is 11.5 Å². The second-order valence-corrected chi connectivity index (χ2v) is 8.30. The minimum absolute atomic E-state index is 0.353. The van der Waals surface area contributed by atoms with Gasteiger partial charge in [0.25, 0.3) is 0 Å². The van der Waals surface area contributed by atoms with Gasteiger partial charge in [0, 0.05) is 18.5 Å². The number of benzene rings is 1. The molecule has 0 spiro atoms. The van der Waals surface area contributed by atoms with Gasteiger partial charge in [0.1, 0.15) is 0 Å². The first kappa shape index (κ1) is 21.0. The van der Waals surface area contributed by atoms with Crippen LogP contribution in [0.1, 0.15) is 83.1 Å². The van der Waals surface area contributed by atoms with Gasteiger partial charge < -0.3 is 14.4 Å². The highest BCUT2D eigenvalue weighted by atomic mass is 16.5. The van der Waals surface area contributed by atoms with Crippen molar-refractivity contribution in [1.29, 1.82) is 0 Å². The average molecular weight is 388 g/mol. The highest BCUT2D eigenvalue weighted by molar-refractivity contribution is 5.77. The number of ether oxygens (including phenoxy) is 2. The lowest BCUT2D eigenvalue weighted by Gasteiger charge is -2.42. The number of rotatable bonds is 8. The number of nitrogens with zero attached hydrogens (tertiary/aromatic N) is 1. The third kappa shape index (κ3) is 5.42. The minimum atomic E-state index is 0.353. The predicted octanol–water partition coefficient (Wildman–Crippen LogP) is 5.52. The van der Waals surface area contributed by atoms with Crippen molar-refractivity contribution >= 4 is 5.91 Å². The van der Waals surface area contributed by atoms with Crippen LogP contribution in [0.25, 0.3) is 0 Å². The Balaban J connectivity index is 1.65. The lowest BCUT2D eigenvalue weighted by Crippen LogP contribution is -2.48. The van der Waals surface area contributed by atoms with Crippen molar-refractivity contribution in [2.24, 2.45) is 0 Å². The Hall–Kier alpha value is -1.71. The molecule has 2 fully saturated rings. The van der Waals surface area contributed by atoms with Crippen LogP contribution in [0.15, 0.2) is 18.2 Å². The number of carbonyl (C=O) groups excluding carboxylic acids is 1. The Kier molecular flexibility index (Phi) is 8.05. The van der Waals surface area contributed by atoms with Gasteiger partial charge >= 0.3 is 0 Å². The Morgan fingerprint density at radius 2 is 1.57 bits per heavy atom. The maximum absolute atomic E-state index is 13.3. The van der Waals surface area contributed by atoms with E-state index < -0.39 is 0 Å². The van der Waals surface area contributed by atoms with Crippen LogP contribution in [0, 0.1) is 0 Å². The molecule has 2 aliphatic rings. The Bertz CT molecular complexity index is 600. The van der Waals surface area contributed by atoms with E-state index in [0.717, 1.165) is 23.5 Å². The molecule has 0 N–H and O–H groups in total. The second-order valence-electron chi connectivity index (χ2n) is 8.30. The van der Waals surface area contributed by atoms with Crippen LogP contribution in [-0.4, -0.2) is 36.6 Å². The van der Waals surface area contributed by atoms with Gasteiger partial charge in [-0.15, -0.1) is 0 Å². The lowest BCUT2D eigenvalue weighted by atomic mass is 9.88. The van der Waals surface area contributed by atoms with Crippen molar-refractivity contribution < 1.29 is 14.3 Å². The van der Waals surface area contributed by atoms with Crippen LogP contribution in [-0.2, 0) is 11.2 Å². The predicted molar refractivity (Wildman–Crippen MR) is 113 cm³/mol. The third-order valence-corrected chi connectivity index (χ3v) is 6.38. The highest BCUT2D eigenvalue weighted by Crippen LogP contribution is 2.32. The molecule has 0 atom stereocenters. The number of amides is 1. The van der Waals surface area contributed by atoms with Crippen molar-refractivity contribution in [1.82, 2.24) is 4.90 Å². The summed E-state index contributed by atoms with van der Waals surface area (Å²) in [6, 6.07) is 6.98. The normalized spacial score (nSPS) is 18.6. The zero-order chi connectivity index (χ0) is 19.8. The molecule has 0 bridgehead atoms. The van der Waals surface area contributed by atoms with E-state index in [4.69, 9.17) is 9.47 Å². The molecule has 1 aromatic rings. The van der Waals surface area contributed by atoms with Gasteiger partial charge in [0.15, 0.2) is 11.5 Å². The summed E-state index contributed by atoms with van der Waals surface area (Å²) >= 11 is 0. The van der Waals surface area contributed by atoms with Crippen LogP contribution in [0.3, 0.4) is 0 Å². The number of methoxy groups -OCH3 is 1. The number of carbonyl (C=O) groups is 1. The van der Waals surface area contributed by atoms with Gasteiger partial charge in [0.05, 0.1) is 13.7 Å². The Labute approximate surface area is 170 Å². The smallest absolute Gasteiger partial charge is 0.223 e. The van der Waals surface area contributed by atoms with E-state index in [1.165, 1.54) is 64.2 Å². The molecule has 0 aromatic heterocycles. The van der Waals surface area contributed by atoms with E-state index in [1.54, 1.807) is 7.11 Å². The largest absolute Gasteiger partial charge is 0.493 e. The molecule has 1 amide bonds. The van der Waals surface area contributed by atoms with Gasteiger partial charge in [-0.25, -0.2) is 0 Å². The van der Waals surface area contributed by atoms with Crippen LogP contribution < -0.4 is 9.47 Å². The highest BCUT2D eigenvalue weighted by Gasteiger charge is 2.32. The van der Waals surface area contributed by atoms with Crippen molar-refractivity contribution in [3.63, 3.8) is 0 Å². The monoisotopic (exact) mass is 387 g/mol. The fraction of sp³-hybridized carbons (Fsp3) is 0.708. The van der Waals surface area contributed by atoms with Crippen LogP contribution in [0.2, 0.25) is 0 Å². The van der Waals surface area contributed by atoms with Crippen LogP contribution >= 0.6 is 0 Å². The molecule has 0 aliphatic heterocycles. The molecule has 0 radical (unpaired) electrons. The fourth-order valence-electron chi connectivity index (χ4n) is 4.95. The minimum Gasteiger partial charge on any atom is -0.493 e. The van der Waals surface area contributed by atoms with Gasteiger partial charge in [-0.3, -0.25) is 4.79 Å². The van der Waals surface area contributed by atoms with Gasteiger partial charge in [-0.2, -0.15) is 0 Å². The van der Waals surface area contributed by atoms with E-state index in [-0.39, 0.29) is 0 Å².